The van der Waals surface area contributed by atoms with E-state index in [0.29, 0.717) is 11.5 Å². The molecule has 1 aromatic rings. The first-order chi connectivity index (χ1) is 12.6. The summed E-state index contributed by atoms with van der Waals surface area (Å²) in [6.07, 6.45) is 6.12. The maximum absolute atomic E-state index is 6.13. The van der Waals surface area contributed by atoms with Crippen LogP contribution in [0.15, 0.2) is 29.3 Å². The zero-order valence-corrected chi connectivity index (χ0v) is 16.7. The molecule has 0 aromatic heterocycles. The second-order valence-electron chi connectivity index (χ2n) is 7.58. The lowest BCUT2D eigenvalue weighted by Gasteiger charge is -2.42. The second kappa shape index (κ2) is 8.96. The van der Waals surface area contributed by atoms with Crippen molar-refractivity contribution in [2.75, 3.05) is 45.3 Å². The number of halogens is 1. The molecule has 0 bridgehead atoms. The molecule has 1 atom stereocenters. The summed E-state index contributed by atoms with van der Waals surface area (Å²) in [5.74, 6) is 0.909. The normalized spacial score (nSPS) is 22.2. The first kappa shape index (κ1) is 19.3. The summed E-state index contributed by atoms with van der Waals surface area (Å²) in [5.41, 5.74) is 1.58. The molecule has 26 heavy (non-hydrogen) atoms. The monoisotopic (exact) mass is 378 g/mol. The highest BCUT2D eigenvalue weighted by atomic mass is 35.5. The van der Waals surface area contributed by atoms with Gasteiger partial charge in [-0.3, -0.25) is 4.99 Å². The standard InChI is InChI=1S/C20H31ClN4O/c1-22-19(23-15-20(8-4-9-20)10-12-26-2)24-17-7-11-25(14-17)18-6-3-5-16(21)13-18/h3,5-6,13,17H,4,7-12,14-15H2,1-2H3,(H2,22,23,24). The minimum absolute atomic E-state index is 0.385. The highest BCUT2D eigenvalue weighted by Crippen LogP contribution is 2.43. The number of hydrogen-bond donors (Lipinski definition) is 2. The van der Waals surface area contributed by atoms with Gasteiger partial charge in [0, 0.05) is 57.2 Å². The number of methoxy groups -OCH3 is 1. The lowest BCUT2D eigenvalue weighted by Crippen LogP contribution is -2.49. The molecule has 1 saturated carbocycles. The molecule has 1 aliphatic heterocycles. The summed E-state index contributed by atoms with van der Waals surface area (Å²) in [5, 5.41) is 7.94. The van der Waals surface area contributed by atoms with Gasteiger partial charge in [-0.25, -0.2) is 0 Å². The number of benzene rings is 1. The highest BCUT2D eigenvalue weighted by molar-refractivity contribution is 6.30. The van der Waals surface area contributed by atoms with E-state index >= 15 is 0 Å². The molecule has 144 valence electrons. The first-order valence-corrected chi connectivity index (χ1v) is 9.99. The van der Waals surface area contributed by atoms with Crippen molar-refractivity contribution in [1.29, 1.82) is 0 Å². The third kappa shape index (κ3) is 4.83. The Bertz CT molecular complexity index is 618. The maximum atomic E-state index is 6.13. The summed E-state index contributed by atoms with van der Waals surface area (Å²) in [6, 6.07) is 8.49. The van der Waals surface area contributed by atoms with E-state index < -0.39 is 0 Å². The number of anilines is 1. The molecule has 5 nitrogen and oxygen atoms in total. The predicted molar refractivity (Wildman–Crippen MR) is 109 cm³/mol. The van der Waals surface area contributed by atoms with Crippen LogP contribution in [0.4, 0.5) is 5.69 Å². The molecule has 1 saturated heterocycles. The molecule has 1 unspecified atom stereocenters. The van der Waals surface area contributed by atoms with Crippen molar-refractivity contribution in [2.24, 2.45) is 10.4 Å². The van der Waals surface area contributed by atoms with E-state index in [2.05, 4.69) is 26.6 Å². The molecular formula is C20H31ClN4O. The summed E-state index contributed by atoms with van der Waals surface area (Å²) in [6.45, 7) is 3.81. The fourth-order valence-electron chi connectivity index (χ4n) is 3.96. The smallest absolute Gasteiger partial charge is 0.191 e. The predicted octanol–water partition coefficient (Wildman–Crippen LogP) is 3.29. The molecule has 0 radical (unpaired) electrons. The molecule has 1 aromatic carbocycles. The van der Waals surface area contributed by atoms with E-state index in [1.165, 1.54) is 24.9 Å². The molecule has 1 heterocycles. The maximum Gasteiger partial charge on any atom is 0.191 e. The molecular weight excluding hydrogens is 348 g/mol. The molecule has 3 rings (SSSR count). The molecule has 2 fully saturated rings. The quantitative estimate of drug-likeness (QED) is 0.564. The van der Waals surface area contributed by atoms with Crippen LogP contribution in [0, 0.1) is 5.41 Å². The number of hydrogen-bond acceptors (Lipinski definition) is 3. The van der Waals surface area contributed by atoms with Crippen LogP contribution >= 0.6 is 11.6 Å². The summed E-state index contributed by atoms with van der Waals surface area (Å²) in [4.78, 5) is 6.81. The molecule has 2 N–H and O–H groups in total. The minimum Gasteiger partial charge on any atom is -0.385 e. The molecule has 6 heteroatoms. The van der Waals surface area contributed by atoms with Crippen LogP contribution in [0.3, 0.4) is 0 Å². The third-order valence-electron chi connectivity index (χ3n) is 5.81. The average Bonchev–Trinajstić information content (AvgIpc) is 3.08. The average molecular weight is 379 g/mol. The van der Waals surface area contributed by atoms with Crippen molar-refractivity contribution in [2.45, 2.75) is 38.1 Å². The van der Waals surface area contributed by atoms with Gasteiger partial charge in [0.2, 0.25) is 0 Å². The van der Waals surface area contributed by atoms with Gasteiger partial charge >= 0.3 is 0 Å². The van der Waals surface area contributed by atoms with Gasteiger partial charge in [-0.05, 0) is 49.3 Å². The van der Waals surface area contributed by atoms with E-state index in [1.807, 2.05) is 25.2 Å². The van der Waals surface area contributed by atoms with Gasteiger partial charge in [0.15, 0.2) is 5.96 Å². The van der Waals surface area contributed by atoms with Gasteiger partial charge in [0.05, 0.1) is 0 Å². The van der Waals surface area contributed by atoms with E-state index in [4.69, 9.17) is 16.3 Å². The Balaban J connectivity index is 1.48. The molecule has 0 spiro atoms. The van der Waals surface area contributed by atoms with E-state index in [9.17, 15) is 0 Å². The number of nitrogens with zero attached hydrogens (tertiary/aromatic N) is 2. The van der Waals surface area contributed by atoms with Crippen LogP contribution in [0.25, 0.3) is 0 Å². The van der Waals surface area contributed by atoms with Crippen molar-refractivity contribution in [3.8, 4) is 0 Å². The highest BCUT2D eigenvalue weighted by Gasteiger charge is 2.36. The van der Waals surface area contributed by atoms with E-state index in [-0.39, 0.29) is 0 Å². The lowest BCUT2D eigenvalue weighted by molar-refractivity contribution is 0.0732. The second-order valence-corrected chi connectivity index (χ2v) is 8.01. The zero-order valence-electron chi connectivity index (χ0n) is 15.9. The Morgan fingerprint density at radius 3 is 2.92 bits per heavy atom. The summed E-state index contributed by atoms with van der Waals surface area (Å²) in [7, 11) is 3.63. The largest absolute Gasteiger partial charge is 0.385 e. The number of rotatable bonds is 7. The molecule has 1 aliphatic carbocycles. The van der Waals surface area contributed by atoms with Gasteiger partial charge in [-0.15, -0.1) is 0 Å². The van der Waals surface area contributed by atoms with Gasteiger partial charge < -0.3 is 20.3 Å². The fraction of sp³-hybridized carbons (Fsp3) is 0.650. The van der Waals surface area contributed by atoms with E-state index in [1.54, 1.807) is 7.11 Å². The molecule has 0 amide bonds. The van der Waals surface area contributed by atoms with Crippen molar-refractivity contribution >= 4 is 23.2 Å². The van der Waals surface area contributed by atoms with Crippen molar-refractivity contribution in [3.05, 3.63) is 29.3 Å². The Kier molecular flexibility index (Phi) is 6.65. The number of aliphatic imine (C=N–C) groups is 1. The molecule has 2 aliphatic rings. The number of guanidine groups is 1. The van der Waals surface area contributed by atoms with Crippen LogP contribution in [0.5, 0.6) is 0 Å². The van der Waals surface area contributed by atoms with Crippen LogP contribution in [-0.4, -0.2) is 52.4 Å². The van der Waals surface area contributed by atoms with Gasteiger partial charge in [-0.1, -0.05) is 24.1 Å². The Morgan fingerprint density at radius 1 is 1.42 bits per heavy atom. The van der Waals surface area contributed by atoms with Gasteiger partial charge in [-0.2, -0.15) is 0 Å². The van der Waals surface area contributed by atoms with Crippen LogP contribution in [0.2, 0.25) is 5.02 Å². The SMILES string of the molecule is CN=C(NCC1(CCOC)CCC1)NC1CCN(c2cccc(Cl)c2)C1. The minimum atomic E-state index is 0.385. The van der Waals surface area contributed by atoms with E-state index in [0.717, 1.165) is 50.1 Å². The topological polar surface area (TPSA) is 48.9 Å². The Hall–Kier alpha value is -1.46. The van der Waals surface area contributed by atoms with Gasteiger partial charge in [0.1, 0.15) is 0 Å². The third-order valence-corrected chi connectivity index (χ3v) is 6.04. The Labute approximate surface area is 162 Å². The van der Waals surface area contributed by atoms with Gasteiger partial charge in [0.25, 0.3) is 0 Å². The van der Waals surface area contributed by atoms with Crippen molar-refractivity contribution in [3.63, 3.8) is 0 Å². The van der Waals surface area contributed by atoms with Crippen molar-refractivity contribution < 1.29 is 4.74 Å². The van der Waals surface area contributed by atoms with Crippen LogP contribution in [-0.2, 0) is 4.74 Å². The van der Waals surface area contributed by atoms with Crippen molar-refractivity contribution in [1.82, 2.24) is 10.6 Å². The Morgan fingerprint density at radius 2 is 2.27 bits per heavy atom. The number of nitrogens with one attached hydrogen (secondary N) is 2. The first-order valence-electron chi connectivity index (χ1n) is 9.61. The lowest BCUT2D eigenvalue weighted by atomic mass is 9.67. The fourth-order valence-corrected chi connectivity index (χ4v) is 4.14. The van der Waals surface area contributed by atoms with Crippen LogP contribution in [0.1, 0.15) is 32.1 Å². The summed E-state index contributed by atoms with van der Waals surface area (Å²) < 4.78 is 5.29. The summed E-state index contributed by atoms with van der Waals surface area (Å²) >= 11 is 6.13. The zero-order chi connectivity index (χ0) is 18.4. The number of ether oxygens (including phenoxy) is 1. The van der Waals surface area contributed by atoms with Crippen LogP contribution < -0.4 is 15.5 Å².